The zero-order valence-electron chi connectivity index (χ0n) is 19.4. The molecule has 2 aromatic carbocycles. The summed E-state index contributed by atoms with van der Waals surface area (Å²) < 4.78 is 34.0. The van der Waals surface area contributed by atoms with Gasteiger partial charge in [0.05, 0.1) is 9.77 Å². The smallest absolute Gasteiger partial charge is 0.268 e. The lowest BCUT2D eigenvalue weighted by Gasteiger charge is -2.36. The molecule has 9 heteroatoms. The second-order valence-corrected chi connectivity index (χ2v) is 11.7. The van der Waals surface area contributed by atoms with E-state index in [0.717, 1.165) is 5.56 Å². The average Bonchev–Trinajstić information content (AvgIpc) is 3.49. The molecule has 0 bridgehead atoms. The Morgan fingerprint density at radius 2 is 1.68 bits per heavy atom. The van der Waals surface area contributed by atoms with Crippen LogP contribution < -0.4 is 4.90 Å². The average molecular weight is 495 g/mol. The number of rotatable bonds is 5. The van der Waals surface area contributed by atoms with E-state index in [0.29, 0.717) is 52.5 Å². The van der Waals surface area contributed by atoms with Crippen molar-refractivity contribution in [2.45, 2.75) is 25.7 Å². The van der Waals surface area contributed by atoms with Crippen molar-refractivity contribution in [1.29, 1.82) is 0 Å². The Bertz CT molecular complexity index is 1420. The Hall–Kier alpha value is -3.01. The van der Waals surface area contributed by atoms with Gasteiger partial charge in [-0.3, -0.25) is 0 Å². The van der Waals surface area contributed by atoms with Crippen molar-refractivity contribution in [3.8, 4) is 22.2 Å². The highest BCUT2D eigenvalue weighted by Gasteiger charge is 2.32. The van der Waals surface area contributed by atoms with Crippen LogP contribution in [0.5, 0.6) is 0 Å². The molecule has 0 radical (unpaired) electrons. The van der Waals surface area contributed by atoms with Crippen molar-refractivity contribution in [3.05, 3.63) is 70.6 Å². The van der Waals surface area contributed by atoms with E-state index in [9.17, 15) is 8.42 Å². The Morgan fingerprint density at radius 1 is 0.941 bits per heavy atom. The monoisotopic (exact) mass is 494 g/mol. The molecule has 1 aliphatic heterocycles. The van der Waals surface area contributed by atoms with Crippen LogP contribution in [0.15, 0.2) is 64.0 Å². The van der Waals surface area contributed by atoms with Gasteiger partial charge in [-0.1, -0.05) is 47.6 Å². The molecule has 0 unspecified atom stereocenters. The Kier molecular flexibility index (Phi) is 6.01. The van der Waals surface area contributed by atoms with Gasteiger partial charge in [-0.25, -0.2) is 8.42 Å². The van der Waals surface area contributed by atoms with E-state index in [1.54, 1.807) is 10.4 Å². The van der Waals surface area contributed by atoms with Gasteiger partial charge in [0.15, 0.2) is 0 Å². The van der Waals surface area contributed by atoms with Crippen molar-refractivity contribution in [2.75, 3.05) is 31.1 Å². The van der Waals surface area contributed by atoms with E-state index < -0.39 is 10.0 Å². The maximum absolute atomic E-state index is 13.5. The van der Waals surface area contributed by atoms with Gasteiger partial charge in [0.2, 0.25) is 15.8 Å². The number of thiophene rings is 1. The molecule has 1 saturated heterocycles. The summed E-state index contributed by atoms with van der Waals surface area (Å²) in [5, 5.41) is 4.06. The highest BCUT2D eigenvalue weighted by molar-refractivity contribution is 7.89. The van der Waals surface area contributed by atoms with Crippen LogP contribution in [-0.2, 0) is 10.0 Å². The summed E-state index contributed by atoms with van der Waals surface area (Å²) in [6.45, 7) is 8.19. The standard InChI is InChI=1S/C25H26N4O3S2/c1-17-9-10-18(2)21(15-17)28-11-13-29(14-12-28)34(30,31)23-16-22(33-19(23)3)25-26-24(27-32-25)20-7-5-4-6-8-20/h4-10,15-16H,11-14H2,1-3H3. The third-order valence-electron chi connectivity index (χ3n) is 6.10. The van der Waals surface area contributed by atoms with Gasteiger partial charge < -0.3 is 9.42 Å². The summed E-state index contributed by atoms with van der Waals surface area (Å²) in [5.74, 6) is 0.807. The van der Waals surface area contributed by atoms with Crippen LogP contribution in [-0.4, -0.2) is 49.0 Å². The fourth-order valence-corrected chi connectivity index (χ4v) is 7.13. The van der Waals surface area contributed by atoms with Crippen molar-refractivity contribution in [3.63, 3.8) is 0 Å². The molecule has 0 N–H and O–H groups in total. The predicted octanol–water partition coefficient (Wildman–Crippen LogP) is 4.90. The molecule has 0 aliphatic carbocycles. The van der Waals surface area contributed by atoms with Crippen LogP contribution >= 0.6 is 11.3 Å². The van der Waals surface area contributed by atoms with Gasteiger partial charge in [0.25, 0.3) is 5.89 Å². The number of hydrogen-bond acceptors (Lipinski definition) is 7. The molecule has 1 aliphatic rings. The minimum absolute atomic E-state index is 0.312. The van der Waals surface area contributed by atoms with Gasteiger partial charge in [0, 0.05) is 42.3 Å². The van der Waals surface area contributed by atoms with E-state index >= 15 is 0 Å². The van der Waals surface area contributed by atoms with Gasteiger partial charge in [-0.15, -0.1) is 11.3 Å². The minimum atomic E-state index is -3.62. The van der Waals surface area contributed by atoms with Crippen LogP contribution in [0.25, 0.3) is 22.2 Å². The lowest BCUT2D eigenvalue weighted by molar-refractivity contribution is 0.384. The van der Waals surface area contributed by atoms with Gasteiger partial charge in [-0.05, 0) is 44.0 Å². The highest BCUT2D eigenvalue weighted by Crippen LogP contribution is 2.35. The number of sulfonamides is 1. The topological polar surface area (TPSA) is 79.5 Å². The number of nitrogens with zero attached hydrogens (tertiary/aromatic N) is 4. The molecule has 4 aromatic rings. The zero-order valence-corrected chi connectivity index (χ0v) is 21.0. The molecule has 34 heavy (non-hydrogen) atoms. The number of aryl methyl sites for hydroxylation is 3. The summed E-state index contributed by atoms with van der Waals surface area (Å²) >= 11 is 1.36. The lowest BCUT2D eigenvalue weighted by Crippen LogP contribution is -2.48. The number of anilines is 1. The van der Waals surface area contributed by atoms with Crippen LogP contribution in [0.1, 0.15) is 16.0 Å². The first-order valence-electron chi connectivity index (χ1n) is 11.2. The molecule has 2 aromatic heterocycles. The van der Waals surface area contributed by atoms with Crippen LogP contribution in [0, 0.1) is 20.8 Å². The summed E-state index contributed by atoms with van der Waals surface area (Å²) in [7, 11) is -3.62. The Balaban J connectivity index is 1.35. The molecule has 0 spiro atoms. The summed E-state index contributed by atoms with van der Waals surface area (Å²) in [4.78, 5) is 8.42. The second-order valence-electron chi connectivity index (χ2n) is 8.50. The van der Waals surface area contributed by atoms with E-state index in [1.807, 2.05) is 37.3 Å². The van der Waals surface area contributed by atoms with Gasteiger partial charge in [-0.2, -0.15) is 9.29 Å². The molecule has 0 saturated carbocycles. The van der Waals surface area contributed by atoms with E-state index in [2.05, 4.69) is 47.1 Å². The van der Waals surface area contributed by atoms with Crippen molar-refractivity contribution >= 4 is 27.0 Å². The lowest BCUT2D eigenvalue weighted by atomic mass is 10.1. The third-order valence-corrected chi connectivity index (χ3v) is 9.30. The molecule has 1 fully saturated rings. The first-order chi connectivity index (χ1) is 16.3. The maximum Gasteiger partial charge on any atom is 0.268 e. The molecule has 3 heterocycles. The molecule has 0 atom stereocenters. The summed E-state index contributed by atoms with van der Waals surface area (Å²) in [6.07, 6.45) is 0. The first kappa shape index (κ1) is 22.8. The molecule has 5 rings (SSSR count). The van der Waals surface area contributed by atoms with Gasteiger partial charge in [0.1, 0.15) is 0 Å². The van der Waals surface area contributed by atoms with Crippen molar-refractivity contribution < 1.29 is 12.9 Å². The number of benzene rings is 2. The van der Waals surface area contributed by atoms with E-state index in [-0.39, 0.29) is 0 Å². The van der Waals surface area contributed by atoms with Crippen molar-refractivity contribution in [2.24, 2.45) is 0 Å². The first-order valence-corrected chi connectivity index (χ1v) is 13.4. The number of aromatic nitrogens is 2. The fourth-order valence-electron chi connectivity index (χ4n) is 4.22. The van der Waals surface area contributed by atoms with Crippen LogP contribution in [0.2, 0.25) is 0 Å². The molecular formula is C25H26N4O3S2. The zero-order chi connectivity index (χ0) is 23.9. The predicted molar refractivity (Wildman–Crippen MR) is 135 cm³/mol. The molecule has 7 nitrogen and oxygen atoms in total. The van der Waals surface area contributed by atoms with E-state index in [1.165, 1.54) is 28.2 Å². The Morgan fingerprint density at radius 3 is 2.41 bits per heavy atom. The second kappa shape index (κ2) is 8.98. The molecule has 176 valence electrons. The largest absolute Gasteiger partial charge is 0.369 e. The quantitative estimate of drug-likeness (QED) is 0.393. The SMILES string of the molecule is Cc1ccc(C)c(N2CCN(S(=O)(=O)c3cc(-c4nc(-c5ccccc5)no4)sc3C)CC2)c1. The highest BCUT2D eigenvalue weighted by atomic mass is 32.2. The number of hydrogen-bond donors (Lipinski definition) is 0. The summed E-state index contributed by atoms with van der Waals surface area (Å²) in [6, 6.07) is 17.6. The maximum atomic E-state index is 13.5. The third kappa shape index (κ3) is 4.26. The van der Waals surface area contributed by atoms with Crippen molar-refractivity contribution in [1.82, 2.24) is 14.4 Å². The molecular weight excluding hydrogens is 468 g/mol. The van der Waals surface area contributed by atoms with Crippen LogP contribution in [0.4, 0.5) is 5.69 Å². The minimum Gasteiger partial charge on any atom is -0.369 e. The van der Waals surface area contributed by atoms with E-state index in [4.69, 9.17) is 4.52 Å². The van der Waals surface area contributed by atoms with Crippen LogP contribution in [0.3, 0.4) is 0 Å². The van der Waals surface area contributed by atoms with Gasteiger partial charge >= 0.3 is 0 Å². The molecule has 0 amide bonds. The Labute approximate surface area is 203 Å². The summed E-state index contributed by atoms with van der Waals surface area (Å²) in [5.41, 5.74) is 4.43. The number of piperazine rings is 1. The normalized spacial score (nSPS) is 15.1. The fraction of sp³-hybridized carbons (Fsp3) is 0.280.